The molecule has 0 aliphatic carbocycles. The van der Waals surface area contributed by atoms with E-state index in [-0.39, 0.29) is 5.97 Å². The van der Waals surface area contributed by atoms with Gasteiger partial charge in [-0.2, -0.15) is 5.26 Å². The van der Waals surface area contributed by atoms with Crippen LogP contribution in [0.25, 0.3) is 16.8 Å². The van der Waals surface area contributed by atoms with Crippen molar-refractivity contribution in [3.8, 4) is 28.8 Å². The highest BCUT2D eigenvalue weighted by molar-refractivity contribution is 7.11. The van der Waals surface area contributed by atoms with Gasteiger partial charge in [-0.05, 0) is 55.6 Å². The molecule has 0 unspecified atom stereocenters. The van der Waals surface area contributed by atoms with Crippen LogP contribution in [-0.2, 0) is 4.74 Å². The van der Waals surface area contributed by atoms with E-state index in [4.69, 9.17) is 14.2 Å². The van der Waals surface area contributed by atoms with Gasteiger partial charge in [0.25, 0.3) is 0 Å². The van der Waals surface area contributed by atoms with Crippen LogP contribution in [0.5, 0.6) is 11.5 Å². The molecular formula is C27H30N4O4S. The predicted molar refractivity (Wildman–Crippen MR) is 142 cm³/mol. The average molecular weight is 507 g/mol. The summed E-state index contributed by atoms with van der Waals surface area (Å²) in [5.74, 6) is 0.892. The third kappa shape index (κ3) is 6.84. The van der Waals surface area contributed by atoms with Crippen LogP contribution < -0.4 is 14.8 Å². The topological polar surface area (TPSA) is 96.7 Å². The first kappa shape index (κ1) is 26.7. The maximum Gasteiger partial charge on any atom is 0.338 e. The summed E-state index contributed by atoms with van der Waals surface area (Å²) in [6.45, 7) is 7.07. The van der Waals surface area contributed by atoms with Crippen molar-refractivity contribution < 1.29 is 19.0 Å². The molecule has 0 aliphatic heterocycles. The molecule has 3 aromatic rings. The first-order chi connectivity index (χ1) is 17.5. The summed E-state index contributed by atoms with van der Waals surface area (Å²) in [6.07, 6.45) is 1.61. The number of benzene rings is 2. The highest BCUT2D eigenvalue weighted by atomic mass is 32.1. The number of hydrogen-bond acceptors (Lipinski definition) is 9. The van der Waals surface area contributed by atoms with Crippen molar-refractivity contribution in [1.82, 2.24) is 9.88 Å². The lowest BCUT2D eigenvalue weighted by atomic mass is 10.1. The number of allylic oxidation sites excluding steroid dienone is 1. The normalized spacial score (nSPS) is 11.2. The number of methoxy groups -OCH3 is 2. The summed E-state index contributed by atoms with van der Waals surface area (Å²) >= 11 is 1.38. The number of thiazole rings is 1. The van der Waals surface area contributed by atoms with Gasteiger partial charge in [-0.25, -0.2) is 9.78 Å². The molecule has 0 radical (unpaired) electrons. The molecule has 0 atom stereocenters. The number of carbonyl (C=O) groups is 1. The van der Waals surface area contributed by atoms with Crippen molar-refractivity contribution in [2.24, 2.45) is 0 Å². The van der Waals surface area contributed by atoms with Crippen LogP contribution in [0.15, 0.2) is 54.0 Å². The van der Waals surface area contributed by atoms with E-state index >= 15 is 0 Å². The Kier molecular flexibility index (Phi) is 9.86. The number of likely N-dealkylation sites (N-methyl/N-ethyl adjacent to an activating group) is 1. The zero-order valence-corrected chi connectivity index (χ0v) is 21.7. The average Bonchev–Trinajstić information content (AvgIpc) is 3.41. The Bertz CT molecular complexity index is 1230. The number of esters is 1. The van der Waals surface area contributed by atoms with Crippen LogP contribution in [0.1, 0.15) is 29.2 Å². The number of carbonyl (C=O) groups excluding carboxylic acids is 1. The van der Waals surface area contributed by atoms with Crippen molar-refractivity contribution in [2.45, 2.75) is 13.8 Å². The molecule has 188 valence electrons. The molecule has 9 heteroatoms. The van der Waals surface area contributed by atoms with Crippen molar-refractivity contribution in [2.75, 3.05) is 45.8 Å². The second-order valence-electron chi connectivity index (χ2n) is 7.66. The lowest BCUT2D eigenvalue weighted by Gasteiger charge is -2.17. The van der Waals surface area contributed by atoms with Gasteiger partial charge in [0.05, 0.1) is 25.5 Å². The zero-order valence-electron chi connectivity index (χ0n) is 20.9. The first-order valence-electron chi connectivity index (χ1n) is 11.6. The Morgan fingerprint density at radius 1 is 1.11 bits per heavy atom. The number of aromatic nitrogens is 1. The summed E-state index contributed by atoms with van der Waals surface area (Å²) in [6, 6.07) is 14.7. The fourth-order valence-corrected chi connectivity index (χ4v) is 4.21. The van der Waals surface area contributed by atoms with Crippen LogP contribution in [-0.4, -0.2) is 56.3 Å². The second kappa shape index (κ2) is 13.3. The van der Waals surface area contributed by atoms with Gasteiger partial charge in [-0.3, -0.25) is 0 Å². The number of nitriles is 1. The molecule has 0 saturated carbocycles. The van der Waals surface area contributed by atoms with Gasteiger partial charge in [0, 0.05) is 29.4 Å². The minimum atomic E-state index is -0.354. The van der Waals surface area contributed by atoms with Gasteiger partial charge >= 0.3 is 5.97 Å². The molecule has 36 heavy (non-hydrogen) atoms. The fourth-order valence-electron chi connectivity index (χ4n) is 3.42. The molecular weight excluding hydrogens is 476 g/mol. The Morgan fingerprint density at radius 2 is 1.83 bits per heavy atom. The minimum Gasteiger partial charge on any atom is -0.493 e. The molecule has 8 nitrogen and oxygen atoms in total. The van der Waals surface area contributed by atoms with Gasteiger partial charge in [0.2, 0.25) is 0 Å². The summed E-state index contributed by atoms with van der Waals surface area (Å²) in [5, 5.41) is 15.2. The highest BCUT2D eigenvalue weighted by Crippen LogP contribution is 2.33. The second-order valence-corrected chi connectivity index (χ2v) is 8.52. The molecule has 3 rings (SSSR count). The van der Waals surface area contributed by atoms with Crippen LogP contribution >= 0.6 is 11.3 Å². The highest BCUT2D eigenvalue weighted by Gasteiger charge is 2.12. The molecule has 2 aromatic carbocycles. The molecule has 0 amide bonds. The van der Waals surface area contributed by atoms with Gasteiger partial charge in [-0.15, -0.1) is 11.3 Å². The summed E-state index contributed by atoms with van der Waals surface area (Å²) in [7, 11) is 3.17. The molecule has 0 aliphatic rings. The first-order valence-corrected chi connectivity index (χ1v) is 12.5. The smallest absolute Gasteiger partial charge is 0.338 e. The maximum atomic E-state index is 12.3. The number of hydrogen-bond donors (Lipinski definition) is 1. The van der Waals surface area contributed by atoms with Crippen molar-refractivity contribution >= 4 is 28.6 Å². The van der Waals surface area contributed by atoms with Crippen LogP contribution in [0.4, 0.5) is 5.69 Å². The number of anilines is 1. The van der Waals surface area contributed by atoms with Gasteiger partial charge in [0.1, 0.15) is 23.3 Å². The Morgan fingerprint density at radius 3 is 2.47 bits per heavy atom. The van der Waals surface area contributed by atoms with E-state index in [0.717, 1.165) is 30.0 Å². The third-order valence-corrected chi connectivity index (χ3v) is 6.45. The van der Waals surface area contributed by atoms with Gasteiger partial charge < -0.3 is 24.4 Å². The number of ether oxygens (including phenoxy) is 3. The van der Waals surface area contributed by atoms with E-state index in [1.165, 1.54) is 11.3 Å². The quantitative estimate of drug-likeness (QED) is 0.261. The van der Waals surface area contributed by atoms with Crippen LogP contribution in [0.2, 0.25) is 0 Å². The molecule has 1 aromatic heterocycles. The Hall–Kier alpha value is -3.87. The number of nitrogens with zero attached hydrogens (tertiary/aromatic N) is 3. The third-order valence-electron chi connectivity index (χ3n) is 5.57. The number of rotatable bonds is 12. The minimum absolute atomic E-state index is 0.354. The van der Waals surface area contributed by atoms with Crippen molar-refractivity contribution in [3.05, 3.63) is 64.6 Å². The molecule has 0 fully saturated rings. The van der Waals surface area contributed by atoms with E-state index in [9.17, 15) is 10.1 Å². The SMILES string of the molecule is CCN(CC)CCOC(=O)c1ccc(N/C=C(/C#N)c2nc(-c3ccc(OC)c(OC)c3)cs2)cc1. The van der Waals surface area contributed by atoms with E-state index < -0.39 is 0 Å². The number of nitrogens with one attached hydrogen (secondary N) is 1. The molecule has 0 saturated heterocycles. The van der Waals surface area contributed by atoms with E-state index in [1.807, 2.05) is 23.6 Å². The van der Waals surface area contributed by atoms with Gasteiger partial charge in [-0.1, -0.05) is 13.8 Å². The van der Waals surface area contributed by atoms with E-state index in [2.05, 4.69) is 35.1 Å². The molecule has 0 bridgehead atoms. The Balaban J connectivity index is 1.64. The zero-order chi connectivity index (χ0) is 25.9. The molecule has 1 heterocycles. The monoisotopic (exact) mass is 506 g/mol. The maximum absolute atomic E-state index is 12.3. The van der Waals surface area contributed by atoms with Crippen LogP contribution in [0, 0.1) is 11.3 Å². The predicted octanol–water partition coefficient (Wildman–Crippen LogP) is 5.30. The van der Waals surface area contributed by atoms with Crippen molar-refractivity contribution in [3.63, 3.8) is 0 Å². The Labute approximate surface area is 215 Å². The molecule has 1 N–H and O–H groups in total. The van der Waals surface area contributed by atoms with E-state index in [1.54, 1.807) is 44.7 Å². The standard InChI is InChI=1S/C27H30N4O4S/c1-5-31(6-2)13-14-35-27(32)19-7-10-22(11-8-19)29-17-21(16-28)26-30-23(18-36-26)20-9-12-24(33-3)25(15-20)34-4/h7-12,15,17-18,29H,5-6,13-14H2,1-4H3/b21-17-. The lowest BCUT2D eigenvalue weighted by Crippen LogP contribution is -2.27. The summed E-state index contributed by atoms with van der Waals surface area (Å²) in [5.41, 5.74) is 3.20. The van der Waals surface area contributed by atoms with Gasteiger partial charge in [0.15, 0.2) is 11.5 Å². The van der Waals surface area contributed by atoms with Crippen molar-refractivity contribution in [1.29, 1.82) is 5.26 Å². The lowest BCUT2D eigenvalue weighted by molar-refractivity contribution is 0.0466. The van der Waals surface area contributed by atoms with E-state index in [0.29, 0.717) is 40.8 Å². The largest absolute Gasteiger partial charge is 0.493 e. The fraction of sp³-hybridized carbons (Fsp3) is 0.296. The van der Waals surface area contributed by atoms with Crippen LogP contribution in [0.3, 0.4) is 0 Å². The summed E-state index contributed by atoms with van der Waals surface area (Å²) < 4.78 is 16.0. The molecule has 0 spiro atoms. The summed E-state index contributed by atoms with van der Waals surface area (Å²) in [4.78, 5) is 19.1.